The Balaban J connectivity index is 3.26. The van der Waals surface area contributed by atoms with Gasteiger partial charge >= 0.3 is 29.8 Å². The molecule has 0 N–H and O–H groups in total. The lowest BCUT2D eigenvalue weighted by molar-refractivity contribution is -0.257. The van der Waals surface area contributed by atoms with Crippen LogP contribution in [0.1, 0.15) is 34.6 Å². The fraction of sp³-hybridized carbons (Fsp3) is 0.706. The normalized spacial score (nSPS) is 26.5. The molecule has 0 aromatic carbocycles. The molecular formula is C17H24O11. The molecule has 5 atom stereocenters. The number of hydrogen-bond acceptors (Lipinski definition) is 11. The van der Waals surface area contributed by atoms with Crippen LogP contribution in [0.15, 0.2) is 0 Å². The molecule has 0 spiro atoms. The van der Waals surface area contributed by atoms with Crippen LogP contribution < -0.4 is 0 Å². The minimum atomic E-state index is -1.28. The van der Waals surface area contributed by atoms with E-state index >= 15 is 0 Å². The molecule has 28 heavy (non-hydrogen) atoms. The molecule has 2 unspecified atom stereocenters. The van der Waals surface area contributed by atoms with Gasteiger partial charge in [0.1, 0.15) is 25.4 Å². The monoisotopic (exact) mass is 404 g/mol. The van der Waals surface area contributed by atoms with Crippen LogP contribution in [0.4, 0.5) is 0 Å². The maximum atomic E-state index is 11.6. The Labute approximate surface area is 161 Å². The standard InChI is InChI=1S/C17H24O11/c1-8(18)23-6-13-15(25-10(3)20)17(27-12(5)22)16(26-11(4)21)14(28-13)7-24-9(2)19/h13-17H,6-7H2,1-5H3/t13-,14?,15-,16+,17?/m1/s1. The molecular weight excluding hydrogens is 380 g/mol. The molecule has 1 aliphatic rings. The third-order valence-corrected chi connectivity index (χ3v) is 3.54. The second-order valence-corrected chi connectivity index (χ2v) is 6.04. The molecule has 1 fully saturated rings. The number of hydrogen-bond donors (Lipinski definition) is 0. The Kier molecular flexibility index (Phi) is 8.83. The van der Waals surface area contributed by atoms with Crippen molar-refractivity contribution < 1.29 is 52.4 Å². The van der Waals surface area contributed by atoms with Crippen LogP contribution in [-0.2, 0) is 52.4 Å². The Morgan fingerprint density at radius 2 is 0.893 bits per heavy atom. The minimum Gasteiger partial charge on any atom is -0.463 e. The van der Waals surface area contributed by atoms with Crippen LogP contribution in [0, 0.1) is 0 Å². The fourth-order valence-electron chi connectivity index (χ4n) is 2.65. The number of carbonyl (C=O) groups is 5. The molecule has 0 aliphatic carbocycles. The Morgan fingerprint density at radius 1 is 0.571 bits per heavy atom. The lowest BCUT2D eigenvalue weighted by Crippen LogP contribution is -2.63. The Morgan fingerprint density at radius 3 is 1.18 bits per heavy atom. The van der Waals surface area contributed by atoms with Crippen molar-refractivity contribution in [3.05, 3.63) is 0 Å². The molecule has 0 aromatic rings. The van der Waals surface area contributed by atoms with Crippen LogP contribution in [0.3, 0.4) is 0 Å². The predicted octanol–water partition coefficient (Wildman–Crippen LogP) is -0.325. The van der Waals surface area contributed by atoms with Gasteiger partial charge in [-0.05, 0) is 0 Å². The molecule has 1 saturated heterocycles. The van der Waals surface area contributed by atoms with E-state index in [0.717, 1.165) is 20.8 Å². The molecule has 0 amide bonds. The first-order valence-corrected chi connectivity index (χ1v) is 8.45. The first kappa shape index (κ1) is 23.3. The van der Waals surface area contributed by atoms with Gasteiger partial charge in [-0.1, -0.05) is 0 Å². The van der Waals surface area contributed by atoms with Gasteiger partial charge in [-0.2, -0.15) is 0 Å². The zero-order chi connectivity index (χ0) is 21.4. The van der Waals surface area contributed by atoms with Crippen LogP contribution in [0.2, 0.25) is 0 Å². The summed E-state index contributed by atoms with van der Waals surface area (Å²) < 4.78 is 31.2. The summed E-state index contributed by atoms with van der Waals surface area (Å²) in [6, 6.07) is 0. The first-order valence-electron chi connectivity index (χ1n) is 8.45. The molecule has 0 bridgehead atoms. The molecule has 1 aliphatic heterocycles. The number of ether oxygens (including phenoxy) is 6. The molecule has 1 rings (SSSR count). The summed E-state index contributed by atoms with van der Waals surface area (Å²) in [5, 5.41) is 0. The zero-order valence-electron chi connectivity index (χ0n) is 16.3. The van der Waals surface area contributed by atoms with Crippen LogP contribution >= 0.6 is 0 Å². The van der Waals surface area contributed by atoms with Crippen molar-refractivity contribution in [2.45, 2.75) is 65.1 Å². The summed E-state index contributed by atoms with van der Waals surface area (Å²) >= 11 is 0. The van der Waals surface area contributed by atoms with E-state index in [4.69, 9.17) is 28.4 Å². The topological polar surface area (TPSA) is 141 Å². The van der Waals surface area contributed by atoms with E-state index in [-0.39, 0.29) is 13.2 Å². The van der Waals surface area contributed by atoms with E-state index in [1.54, 1.807) is 0 Å². The van der Waals surface area contributed by atoms with Crippen molar-refractivity contribution >= 4 is 29.8 Å². The highest BCUT2D eigenvalue weighted by atomic mass is 16.7. The Bertz CT molecular complexity index is 570. The number of carbonyl (C=O) groups excluding carboxylic acids is 5. The maximum absolute atomic E-state index is 11.6. The van der Waals surface area contributed by atoms with Crippen molar-refractivity contribution in [2.75, 3.05) is 13.2 Å². The van der Waals surface area contributed by atoms with E-state index in [1.807, 2.05) is 0 Å². The molecule has 11 heteroatoms. The summed E-state index contributed by atoms with van der Waals surface area (Å²) in [6.45, 7) is 5.03. The van der Waals surface area contributed by atoms with Gasteiger partial charge in [0.15, 0.2) is 18.3 Å². The van der Waals surface area contributed by atoms with Crippen molar-refractivity contribution in [2.24, 2.45) is 0 Å². The summed E-state index contributed by atoms with van der Waals surface area (Å²) in [6.07, 6.45) is -5.88. The summed E-state index contributed by atoms with van der Waals surface area (Å²) in [4.78, 5) is 57.0. The van der Waals surface area contributed by atoms with Crippen molar-refractivity contribution in [3.63, 3.8) is 0 Å². The van der Waals surface area contributed by atoms with Crippen molar-refractivity contribution in [3.8, 4) is 0 Å². The van der Waals surface area contributed by atoms with Crippen LogP contribution in [-0.4, -0.2) is 73.6 Å². The molecule has 0 saturated carbocycles. The van der Waals surface area contributed by atoms with E-state index in [2.05, 4.69) is 0 Å². The van der Waals surface area contributed by atoms with Gasteiger partial charge in [-0.3, -0.25) is 24.0 Å². The van der Waals surface area contributed by atoms with Crippen molar-refractivity contribution in [1.29, 1.82) is 0 Å². The van der Waals surface area contributed by atoms with Crippen LogP contribution in [0.25, 0.3) is 0 Å². The van der Waals surface area contributed by atoms with E-state index in [9.17, 15) is 24.0 Å². The number of rotatable bonds is 7. The quantitative estimate of drug-likeness (QED) is 0.407. The largest absolute Gasteiger partial charge is 0.463 e. The minimum absolute atomic E-state index is 0.339. The van der Waals surface area contributed by atoms with E-state index in [0.29, 0.717) is 0 Å². The number of esters is 5. The SMILES string of the molecule is CC(=O)OCC1O[C@H](COC(C)=O)[C@@H](OC(C)=O)C(OC(C)=O)[C@H]1OC(C)=O. The third-order valence-electron chi connectivity index (χ3n) is 3.54. The Hall–Kier alpha value is -2.69. The average Bonchev–Trinajstić information content (AvgIpc) is 2.54. The zero-order valence-corrected chi connectivity index (χ0v) is 16.3. The first-order chi connectivity index (χ1) is 13.0. The second-order valence-electron chi connectivity index (χ2n) is 6.04. The summed E-state index contributed by atoms with van der Waals surface area (Å²) in [5.74, 6) is -3.42. The lowest BCUT2D eigenvalue weighted by Gasteiger charge is -2.44. The summed E-state index contributed by atoms with van der Waals surface area (Å²) in [5.41, 5.74) is 0. The maximum Gasteiger partial charge on any atom is 0.303 e. The molecule has 1 heterocycles. The average molecular weight is 404 g/mol. The van der Waals surface area contributed by atoms with Gasteiger partial charge in [0, 0.05) is 34.6 Å². The molecule has 0 radical (unpaired) electrons. The second kappa shape index (κ2) is 10.6. The smallest absolute Gasteiger partial charge is 0.303 e. The molecule has 0 aromatic heterocycles. The fourth-order valence-corrected chi connectivity index (χ4v) is 2.65. The van der Waals surface area contributed by atoms with Gasteiger partial charge in [0.05, 0.1) is 0 Å². The molecule has 11 nitrogen and oxygen atoms in total. The van der Waals surface area contributed by atoms with Gasteiger partial charge in [-0.25, -0.2) is 0 Å². The van der Waals surface area contributed by atoms with Gasteiger partial charge in [0.25, 0.3) is 0 Å². The van der Waals surface area contributed by atoms with Gasteiger partial charge in [0.2, 0.25) is 0 Å². The van der Waals surface area contributed by atoms with Crippen molar-refractivity contribution in [1.82, 2.24) is 0 Å². The van der Waals surface area contributed by atoms with Gasteiger partial charge < -0.3 is 28.4 Å². The molecule has 158 valence electrons. The summed E-state index contributed by atoms with van der Waals surface area (Å²) in [7, 11) is 0. The highest BCUT2D eigenvalue weighted by Crippen LogP contribution is 2.29. The highest BCUT2D eigenvalue weighted by Gasteiger charge is 2.52. The third kappa shape index (κ3) is 7.51. The predicted molar refractivity (Wildman–Crippen MR) is 88.6 cm³/mol. The highest BCUT2D eigenvalue weighted by molar-refractivity contribution is 5.69. The van der Waals surface area contributed by atoms with E-state index < -0.39 is 60.4 Å². The van der Waals surface area contributed by atoms with E-state index in [1.165, 1.54) is 13.8 Å². The van der Waals surface area contributed by atoms with Gasteiger partial charge in [-0.15, -0.1) is 0 Å². The lowest BCUT2D eigenvalue weighted by atomic mass is 9.94. The van der Waals surface area contributed by atoms with Crippen LogP contribution in [0.5, 0.6) is 0 Å².